The number of likely N-dealkylation sites (tertiary alicyclic amines) is 1. The molecule has 1 fully saturated rings. The van der Waals surface area contributed by atoms with Crippen LogP contribution in [0.15, 0.2) is 48.4 Å². The molecule has 1 aromatic carbocycles. The van der Waals surface area contributed by atoms with E-state index >= 15 is 0 Å². The Morgan fingerprint density at radius 3 is 2.88 bits per heavy atom. The second-order valence-electron chi connectivity index (χ2n) is 7.97. The number of nitrogens with two attached hydrogens (primary N) is 1. The average molecular weight is 444 g/mol. The summed E-state index contributed by atoms with van der Waals surface area (Å²) < 4.78 is 14.2. The fourth-order valence-electron chi connectivity index (χ4n) is 3.86. The molecule has 2 aliphatic heterocycles. The van der Waals surface area contributed by atoms with Gasteiger partial charge >= 0.3 is 0 Å². The molecule has 0 aliphatic carbocycles. The molecule has 1 saturated heterocycles. The van der Waals surface area contributed by atoms with Crippen LogP contribution in [-0.4, -0.2) is 53.1 Å². The zero-order chi connectivity index (χ0) is 23.3. The molecule has 2 aliphatic rings. The summed E-state index contributed by atoms with van der Waals surface area (Å²) in [4.78, 5) is 26.7. The first-order valence-electron chi connectivity index (χ1n) is 10.6. The van der Waals surface area contributed by atoms with Crippen molar-refractivity contribution in [1.29, 1.82) is 0 Å². The SMILES string of the molecule is CC/C(=C\N(C)N)c1cc(F)cc(CNC(=O)C2C=C(N3CCC(CO)C3=O)C=CN2)c1. The molecule has 0 aromatic heterocycles. The summed E-state index contributed by atoms with van der Waals surface area (Å²) in [5.41, 5.74) is 2.84. The van der Waals surface area contributed by atoms with Crippen molar-refractivity contribution in [1.82, 2.24) is 20.5 Å². The molecule has 8 nitrogen and oxygen atoms in total. The van der Waals surface area contributed by atoms with Crippen LogP contribution in [-0.2, 0) is 16.1 Å². The van der Waals surface area contributed by atoms with Gasteiger partial charge in [-0.15, -0.1) is 0 Å². The first kappa shape index (κ1) is 23.5. The van der Waals surface area contributed by atoms with E-state index in [1.165, 1.54) is 17.1 Å². The maximum absolute atomic E-state index is 14.2. The molecule has 2 amide bonds. The van der Waals surface area contributed by atoms with Crippen LogP contribution in [0.3, 0.4) is 0 Å². The molecule has 0 bridgehead atoms. The Labute approximate surface area is 187 Å². The second-order valence-corrected chi connectivity index (χ2v) is 7.97. The molecule has 0 spiro atoms. The van der Waals surface area contributed by atoms with E-state index in [0.717, 1.165) is 5.57 Å². The molecule has 2 unspecified atom stereocenters. The third-order valence-corrected chi connectivity index (χ3v) is 5.53. The van der Waals surface area contributed by atoms with Crippen molar-refractivity contribution in [3.63, 3.8) is 0 Å². The van der Waals surface area contributed by atoms with E-state index in [2.05, 4.69) is 10.6 Å². The number of aliphatic hydroxyl groups is 1. The van der Waals surface area contributed by atoms with Gasteiger partial charge < -0.3 is 25.6 Å². The predicted octanol–water partition coefficient (Wildman–Crippen LogP) is 1.21. The van der Waals surface area contributed by atoms with Gasteiger partial charge in [0.15, 0.2) is 0 Å². The highest BCUT2D eigenvalue weighted by molar-refractivity contribution is 5.86. The lowest BCUT2D eigenvalue weighted by Crippen LogP contribution is -2.43. The number of halogens is 1. The first-order valence-corrected chi connectivity index (χ1v) is 10.6. The van der Waals surface area contributed by atoms with Crippen molar-refractivity contribution in [2.24, 2.45) is 11.8 Å². The zero-order valence-corrected chi connectivity index (χ0v) is 18.3. The number of aliphatic hydroxyl groups excluding tert-OH is 1. The molecule has 1 aromatic rings. The highest BCUT2D eigenvalue weighted by atomic mass is 19.1. The van der Waals surface area contributed by atoms with Crippen LogP contribution in [0.4, 0.5) is 4.39 Å². The van der Waals surface area contributed by atoms with E-state index in [-0.39, 0.29) is 25.0 Å². The summed E-state index contributed by atoms with van der Waals surface area (Å²) >= 11 is 0. The minimum atomic E-state index is -0.666. The quantitative estimate of drug-likeness (QED) is 0.355. The fraction of sp³-hybridized carbons (Fsp3) is 0.391. The predicted molar refractivity (Wildman–Crippen MR) is 120 cm³/mol. The van der Waals surface area contributed by atoms with Crippen molar-refractivity contribution >= 4 is 17.4 Å². The average Bonchev–Trinajstić information content (AvgIpc) is 3.15. The number of rotatable bonds is 8. The Morgan fingerprint density at radius 1 is 1.44 bits per heavy atom. The highest BCUT2D eigenvalue weighted by Gasteiger charge is 2.33. The minimum Gasteiger partial charge on any atom is -0.396 e. The second kappa shape index (κ2) is 10.4. The molecule has 3 rings (SSSR count). The fourth-order valence-corrected chi connectivity index (χ4v) is 3.86. The van der Waals surface area contributed by atoms with Gasteiger partial charge in [-0.3, -0.25) is 9.59 Å². The molecule has 2 heterocycles. The topological polar surface area (TPSA) is 111 Å². The van der Waals surface area contributed by atoms with Gasteiger partial charge in [0.25, 0.3) is 0 Å². The number of nitrogens with one attached hydrogen (secondary N) is 2. The van der Waals surface area contributed by atoms with Crippen LogP contribution in [0.25, 0.3) is 5.57 Å². The van der Waals surface area contributed by atoms with Gasteiger partial charge in [0.05, 0.1) is 12.5 Å². The number of carbonyl (C=O) groups excluding carboxylic acids is 2. The number of benzene rings is 1. The molecule has 0 saturated carbocycles. The van der Waals surface area contributed by atoms with Crippen molar-refractivity contribution in [3.8, 4) is 0 Å². The maximum Gasteiger partial charge on any atom is 0.246 e. The third kappa shape index (κ3) is 5.54. The highest BCUT2D eigenvalue weighted by Crippen LogP contribution is 2.24. The zero-order valence-electron chi connectivity index (χ0n) is 18.3. The molecule has 172 valence electrons. The van der Waals surface area contributed by atoms with Crippen LogP contribution < -0.4 is 16.5 Å². The van der Waals surface area contributed by atoms with Crippen molar-refractivity contribution in [3.05, 3.63) is 65.4 Å². The number of hydrogen-bond donors (Lipinski definition) is 4. The summed E-state index contributed by atoms with van der Waals surface area (Å²) in [5.74, 6) is 4.48. The van der Waals surface area contributed by atoms with Gasteiger partial charge in [-0.1, -0.05) is 6.92 Å². The smallest absolute Gasteiger partial charge is 0.246 e. The van der Waals surface area contributed by atoms with E-state index in [1.54, 1.807) is 36.5 Å². The van der Waals surface area contributed by atoms with Crippen LogP contribution in [0, 0.1) is 11.7 Å². The van der Waals surface area contributed by atoms with E-state index in [9.17, 15) is 19.1 Å². The Balaban J connectivity index is 1.67. The van der Waals surface area contributed by atoms with Gasteiger partial charge in [0, 0.05) is 32.0 Å². The molecule has 0 radical (unpaired) electrons. The number of hydrazine groups is 1. The van der Waals surface area contributed by atoms with Gasteiger partial charge in [-0.25, -0.2) is 10.2 Å². The minimum absolute atomic E-state index is 0.139. The largest absolute Gasteiger partial charge is 0.396 e. The number of allylic oxidation sites excluding steroid dienone is 2. The van der Waals surface area contributed by atoms with Gasteiger partial charge in [0.2, 0.25) is 11.8 Å². The number of hydrogen-bond acceptors (Lipinski definition) is 6. The number of nitrogens with zero attached hydrogens (tertiary/aromatic N) is 2. The summed E-state index contributed by atoms with van der Waals surface area (Å²) in [5, 5.41) is 16.5. The maximum atomic E-state index is 14.2. The van der Waals surface area contributed by atoms with Crippen molar-refractivity contribution in [2.45, 2.75) is 32.4 Å². The van der Waals surface area contributed by atoms with Crippen molar-refractivity contribution in [2.75, 3.05) is 20.2 Å². The third-order valence-electron chi connectivity index (χ3n) is 5.53. The molecule has 5 N–H and O–H groups in total. The lowest BCUT2D eigenvalue weighted by atomic mass is 10.0. The normalized spacial score (nSPS) is 20.8. The van der Waals surface area contributed by atoms with Gasteiger partial charge in [-0.2, -0.15) is 0 Å². The van der Waals surface area contributed by atoms with Crippen molar-refractivity contribution < 1.29 is 19.1 Å². The molecular formula is C23H30FN5O3. The van der Waals surface area contributed by atoms with Crippen LogP contribution >= 0.6 is 0 Å². The van der Waals surface area contributed by atoms with E-state index in [4.69, 9.17) is 5.84 Å². The van der Waals surface area contributed by atoms with E-state index in [1.807, 2.05) is 13.0 Å². The standard InChI is InChI=1S/C23H30FN5O3/c1-3-16(13-28(2)25)18-8-15(9-19(24)10-18)12-27-22(31)21-11-20(4-6-26-21)29-7-5-17(14-30)23(29)32/h4,6,8-11,13,17,21,26,30H,3,5,7,12,14,25H2,1-2H3,(H,27,31)/b16-13+. The van der Waals surface area contributed by atoms with E-state index < -0.39 is 17.8 Å². The lowest BCUT2D eigenvalue weighted by molar-refractivity contribution is -0.130. The summed E-state index contributed by atoms with van der Waals surface area (Å²) in [7, 11) is 1.70. The Kier molecular flexibility index (Phi) is 7.66. The number of amides is 2. The Hall–Kier alpha value is -3.17. The number of carbonyl (C=O) groups is 2. The summed E-state index contributed by atoms with van der Waals surface area (Å²) in [6.07, 6.45) is 8.03. The first-order chi connectivity index (χ1) is 15.3. The lowest BCUT2D eigenvalue weighted by Gasteiger charge is -2.24. The van der Waals surface area contributed by atoms with Crippen LogP contribution in [0.5, 0.6) is 0 Å². The van der Waals surface area contributed by atoms with E-state index in [0.29, 0.717) is 36.2 Å². The molecule has 2 atom stereocenters. The number of dihydropyridines is 1. The van der Waals surface area contributed by atoms with Gasteiger partial charge in [-0.05, 0) is 66.1 Å². The monoisotopic (exact) mass is 443 g/mol. The van der Waals surface area contributed by atoms with Gasteiger partial charge in [0.1, 0.15) is 11.9 Å². The van der Waals surface area contributed by atoms with Crippen LogP contribution in [0.1, 0.15) is 30.9 Å². The molecule has 32 heavy (non-hydrogen) atoms. The van der Waals surface area contributed by atoms with Crippen LogP contribution in [0.2, 0.25) is 0 Å². The Bertz CT molecular complexity index is 957. The molecular weight excluding hydrogens is 413 g/mol. The Morgan fingerprint density at radius 2 is 2.22 bits per heavy atom. The summed E-state index contributed by atoms with van der Waals surface area (Å²) in [6.45, 7) is 2.44. The summed E-state index contributed by atoms with van der Waals surface area (Å²) in [6, 6.07) is 3.99. The molecule has 9 heteroatoms.